The topological polar surface area (TPSA) is 43.1 Å². The molecule has 0 amide bonds. The Morgan fingerprint density at radius 3 is 2.08 bits per heavy atom. The Hall–Kier alpha value is -0.380. The molecule has 0 aliphatic heterocycles. The molecule has 1 rings (SSSR count). The average molecular weight is 220 g/mol. The third-order valence-corrected chi connectivity index (χ3v) is 2.67. The van der Waals surface area contributed by atoms with Crippen LogP contribution in [0, 0.1) is 0 Å². The van der Waals surface area contributed by atoms with Crippen molar-refractivity contribution in [2.75, 3.05) is 6.26 Å². The lowest BCUT2D eigenvalue weighted by Crippen LogP contribution is -2.04. The molecule has 0 aliphatic rings. The maximum absolute atomic E-state index is 11.0. The lowest BCUT2D eigenvalue weighted by atomic mass is 10.1. The van der Waals surface area contributed by atoms with Gasteiger partial charge in [0.2, 0.25) is 0 Å². The van der Waals surface area contributed by atoms with Crippen molar-refractivity contribution in [1.29, 1.82) is 0 Å². The minimum Gasteiger partial charge on any atom is -0.324 e. The van der Waals surface area contributed by atoms with Crippen molar-refractivity contribution in [1.82, 2.24) is 0 Å². The first kappa shape index (κ1) is 12.6. The van der Waals surface area contributed by atoms with E-state index in [1.165, 1.54) is 0 Å². The van der Waals surface area contributed by atoms with E-state index in [0.717, 1.165) is 10.5 Å². The van der Waals surface area contributed by atoms with Crippen LogP contribution in [0.2, 0.25) is 0 Å². The molecular formula is C9H14ClNOS. The van der Waals surface area contributed by atoms with Crippen molar-refractivity contribution in [2.24, 2.45) is 5.73 Å². The molecule has 0 bridgehead atoms. The first-order valence-electron chi connectivity index (χ1n) is 3.80. The highest BCUT2D eigenvalue weighted by atomic mass is 35.5. The summed E-state index contributed by atoms with van der Waals surface area (Å²) in [5.74, 6) is 0. The van der Waals surface area contributed by atoms with Crippen molar-refractivity contribution in [2.45, 2.75) is 17.9 Å². The highest BCUT2D eigenvalue weighted by Crippen LogP contribution is 2.12. The van der Waals surface area contributed by atoms with Crippen molar-refractivity contribution in [3.05, 3.63) is 29.8 Å². The normalized spacial score (nSPS) is 14.4. The zero-order valence-corrected chi connectivity index (χ0v) is 9.32. The van der Waals surface area contributed by atoms with Crippen LogP contribution in [0.25, 0.3) is 0 Å². The van der Waals surface area contributed by atoms with Gasteiger partial charge in [-0.1, -0.05) is 12.1 Å². The Morgan fingerprint density at radius 1 is 1.31 bits per heavy atom. The van der Waals surface area contributed by atoms with E-state index >= 15 is 0 Å². The quantitative estimate of drug-likeness (QED) is 0.825. The first-order valence-corrected chi connectivity index (χ1v) is 5.36. The summed E-state index contributed by atoms with van der Waals surface area (Å²) in [7, 11) is -0.891. The molecule has 1 aromatic rings. The van der Waals surface area contributed by atoms with Crippen LogP contribution in [0.5, 0.6) is 0 Å². The summed E-state index contributed by atoms with van der Waals surface area (Å²) >= 11 is 0. The number of hydrogen-bond acceptors (Lipinski definition) is 2. The van der Waals surface area contributed by atoms with Gasteiger partial charge in [-0.3, -0.25) is 4.21 Å². The monoisotopic (exact) mass is 219 g/mol. The molecule has 2 atom stereocenters. The second kappa shape index (κ2) is 5.37. The fraction of sp³-hybridized carbons (Fsp3) is 0.333. The molecule has 4 heteroatoms. The van der Waals surface area contributed by atoms with Crippen LogP contribution in [-0.2, 0) is 10.8 Å². The summed E-state index contributed by atoms with van der Waals surface area (Å²) in [6, 6.07) is 7.59. The molecule has 0 saturated heterocycles. The van der Waals surface area contributed by atoms with Gasteiger partial charge in [-0.25, -0.2) is 0 Å². The van der Waals surface area contributed by atoms with Crippen molar-refractivity contribution in [3.8, 4) is 0 Å². The number of benzene rings is 1. The zero-order valence-electron chi connectivity index (χ0n) is 7.69. The van der Waals surface area contributed by atoms with Crippen LogP contribution in [0.15, 0.2) is 29.2 Å². The molecule has 0 fully saturated rings. The molecular weight excluding hydrogens is 206 g/mol. The molecule has 74 valence electrons. The number of nitrogens with two attached hydrogens (primary N) is 1. The SMILES string of the molecule is CC(N)c1ccc(S(C)=O)cc1.Cl. The Morgan fingerprint density at radius 2 is 1.77 bits per heavy atom. The first-order chi connectivity index (χ1) is 5.61. The average Bonchev–Trinajstić information content (AvgIpc) is 2.04. The van der Waals surface area contributed by atoms with Crippen molar-refractivity contribution >= 4 is 23.2 Å². The second-order valence-corrected chi connectivity index (χ2v) is 4.19. The number of rotatable bonds is 2. The maximum atomic E-state index is 11.0. The molecule has 2 unspecified atom stereocenters. The van der Waals surface area contributed by atoms with Crippen LogP contribution < -0.4 is 5.73 Å². The summed E-state index contributed by atoms with van der Waals surface area (Å²) in [4.78, 5) is 0.847. The molecule has 13 heavy (non-hydrogen) atoms. The van der Waals surface area contributed by atoms with Gasteiger partial charge in [0, 0.05) is 28.0 Å². The summed E-state index contributed by atoms with van der Waals surface area (Å²) in [5.41, 5.74) is 6.74. The van der Waals surface area contributed by atoms with Crippen LogP contribution in [0.3, 0.4) is 0 Å². The second-order valence-electron chi connectivity index (χ2n) is 2.81. The maximum Gasteiger partial charge on any atom is 0.0498 e. The molecule has 0 heterocycles. The lowest BCUT2D eigenvalue weighted by Gasteiger charge is -2.05. The minimum atomic E-state index is -0.891. The van der Waals surface area contributed by atoms with Crippen LogP contribution in [0.4, 0.5) is 0 Å². The van der Waals surface area contributed by atoms with Crippen LogP contribution in [0.1, 0.15) is 18.5 Å². The minimum absolute atomic E-state index is 0. The number of halogens is 1. The molecule has 0 aromatic heterocycles. The van der Waals surface area contributed by atoms with Gasteiger partial charge in [0.1, 0.15) is 0 Å². The van der Waals surface area contributed by atoms with E-state index in [-0.39, 0.29) is 18.4 Å². The van der Waals surface area contributed by atoms with Crippen molar-refractivity contribution < 1.29 is 4.21 Å². The van der Waals surface area contributed by atoms with Crippen LogP contribution in [-0.4, -0.2) is 10.5 Å². The van der Waals surface area contributed by atoms with Gasteiger partial charge in [0.25, 0.3) is 0 Å². The van der Waals surface area contributed by atoms with Gasteiger partial charge in [-0.15, -0.1) is 12.4 Å². The summed E-state index contributed by atoms with van der Waals surface area (Å²) in [6.07, 6.45) is 1.67. The van der Waals surface area contributed by atoms with E-state index in [0.29, 0.717) is 0 Å². The Balaban J connectivity index is 0.00000144. The van der Waals surface area contributed by atoms with E-state index < -0.39 is 10.8 Å². The van der Waals surface area contributed by atoms with E-state index in [1.54, 1.807) is 6.26 Å². The predicted molar refractivity (Wildman–Crippen MR) is 58.6 cm³/mol. The summed E-state index contributed by atoms with van der Waals surface area (Å²) in [5, 5.41) is 0. The zero-order chi connectivity index (χ0) is 9.14. The highest BCUT2D eigenvalue weighted by molar-refractivity contribution is 7.84. The van der Waals surface area contributed by atoms with Gasteiger partial charge >= 0.3 is 0 Å². The summed E-state index contributed by atoms with van der Waals surface area (Å²) < 4.78 is 11.0. The molecule has 0 spiro atoms. The molecule has 2 nitrogen and oxygen atoms in total. The molecule has 0 saturated carbocycles. The Labute approximate surface area is 87.4 Å². The van der Waals surface area contributed by atoms with Crippen LogP contribution >= 0.6 is 12.4 Å². The standard InChI is InChI=1S/C9H13NOS.ClH/c1-7(10)8-3-5-9(6-4-8)12(2)11;/h3-7H,10H2,1-2H3;1H. The largest absolute Gasteiger partial charge is 0.324 e. The smallest absolute Gasteiger partial charge is 0.0498 e. The van der Waals surface area contributed by atoms with E-state index in [2.05, 4.69) is 0 Å². The van der Waals surface area contributed by atoms with Gasteiger partial charge < -0.3 is 5.73 Å². The van der Waals surface area contributed by atoms with E-state index in [9.17, 15) is 4.21 Å². The number of hydrogen-bond donors (Lipinski definition) is 1. The van der Waals surface area contributed by atoms with Crippen molar-refractivity contribution in [3.63, 3.8) is 0 Å². The molecule has 1 aromatic carbocycles. The van der Waals surface area contributed by atoms with E-state index in [4.69, 9.17) is 5.73 Å². The Kier molecular flexibility index (Phi) is 5.21. The predicted octanol–water partition coefficient (Wildman–Crippen LogP) is 1.87. The third kappa shape index (κ3) is 3.46. The fourth-order valence-electron chi connectivity index (χ4n) is 0.963. The lowest BCUT2D eigenvalue weighted by molar-refractivity contribution is 0.686. The molecule has 2 N–H and O–H groups in total. The van der Waals surface area contributed by atoms with Gasteiger partial charge in [0.15, 0.2) is 0 Å². The molecule has 0 aliphatic carbocycles. The van der Waals surface area contributed by atoms with Gasteiger partial charge in [-0.05, 0) is 24.6 Å². The highest BCUT2D eigenvalue weighted by Gasteiger charge is 2.00. The van der Waals surface area contributed by atoms with Gasteiger partial charge in [-0.2, -0.15) is 0 Å². The van der Waals surface area contributed by atoms with Gasteiger partial charge in [0.05, 0.1) is 0 Å². The fourth-order valence-corrected chi connectivity index (χ4v) is 1.48. The third-order valence-electron chi connectivity index (χ3n) is 1.74. The molecule has 0 radical (unpaired) electrons. The van der Waals surface area contributed by atoms with E-state index in [1.807, 2.05) is 31.2 Å². The Bertz CT molecular complexity index is 284. The summed E-state index contributed by atoms with van der Waals surface area (Å²) in [6.45, 7) is 1.93.